The monoisotopic (exact) mass is 467 g/mol. The molecular formula is C17H12BrF2N5O2S. The Morgan fingerprint density at radius 2 is 1.79 bits per heavy atom. The first-order chi connectivity index (χ1) is 13.4. The summed E-state index contributed by atoms with van der Waals surface area (Å²) in [7, 11) is 0. The Labute approximate surface area is 170 Å². The van der Waals surface area contributed by atoms with Gasteiger partial charge in [-0.2, -0.15) is 0 Å². The molecule has 0 saturated carbocycles. The Balaban J connectivity index is 1.53. The molecule has 3 rings (SSSR count). The van der Waals surface area contributed by atoms with Gasteiger partial charge in [0.25, 0.3) is 5.91 Å². The molecule has 0 aliphatic heterocycles. The molecule has 2 aromatic carbocycles. The summed E-state index contributed by atoms with van der Waals surface area (Å²) in [6.07, 6.45) is 0. The second-order valence-electron chi connectivity index (χ2n) is 5.39. The molecular weight excluding hydrogens is 456 g/mol. The molecule has 1 aromatic heterocycles. The van der Waals surface area contributed by atoms with Crippen molar-refractivity contribution in [2.24, 2.45) is 0 Å². The van der Waals surface area contributed by atoms with Crippen molar-refractivity contribution in [3.05, 3.63) is 68.6 Å². The molecule has 0 saturated heterocycles. The number of hydrogen-bond acceptors (Lipinski definition) is 5. The average Bonchev–Trinajstić information content (AvgIpc) is 3.13. The van der Waals surface area contributed by atoms with Crippen LogP contribution in [-0.4, -0.2) is 22.1 Å². The number of aromatic nitrogens is 2. The number of rotatable bonds is 5. The molecule has 7 nitrogen and oxygen atoms in total. The van der Waals surface area contributed by atoms with Crippen LogP contribution in [0.25, 0.3) is 0 Å². The zero-order chi connectivity index (χ0) is 20.1. The zero-order valence-electron chi connectivity index (χ0n) is 14.0. The average molecular weight is 468 g/mol. The number of amides is 3. The molecule has 144 valence electrons. The normalized spacial score (nSPS) is 10.4. The number of nitrogens with one attached hydrogen (secondary N) is 3. The third kappa shape index (κ3) is 5.30. The van der Waals surface area contributed by atoms with E-state index in [9.17, 15) is 18.4 Å². The van der Waals surface area contributed by atoms with Gasteiger partial charge in [-0.05, 0) is 42.5 Å². The second-order valence-corrected chi connectivity index (χ2v) is 7.37. The van der Waals surface area contributed by atoms with Crippen molar-refractivity contribution in [1.82, 2.24) is 15.5 Å². The molecule has 3 N–H and O–H groups in total. The van der Waals surface area contributed by atoms with Crippen LogP contribution in [0.1, 0.15) is 14.8 Å². The maximum Gasteiger partial charge on any atom is 0.319 e. The van der Waals surface area contributed by atoms with Crippen LogP contribution in [-0.2, 0) is 6.54 Å². The van der Waals surface area contributed by atoms with Crippen molar-refractivity contribution in [3.63, 3.8) is 0 Å². The van der Waals surface area contributed by atoms with E-state index >= 15 is 0 Å². The highest BCUT2D eigenvalue weighted by Gasteiger charge is 2.14. The predicted molar refractivity (Wildman–Crippen MR) is 104 cm³/mol. The van der Waals surface area contributed by atoms with Crippen molar-refractivity contribution in [2.75, 3.05) is 10.6 Å². The van der Waals surface area contributed by atoms with Gasteiger partial charge in [-0.25, -0.2) is 13.6 Å². The van der Waals surface area contributed by atoms with Crippen LogP contribution < -0.4 is 16.0 Å². The van der Waals surface area contributed by atoms with Gasteiger partial charge in [0, 0.05) is 10.2 Å². The van der Waals surface area contributed by atoms with Crippen LogP contribution >= 0.6 is 27.3 Å². The lowest BCUT2D eigenvalue weighted by atomic mass is 10.3. The minimum Gasteiger partial charge on any atom is -0.331 e. The van der Waals surface area contributed by atoms with Gasteiger partial charge in [0.15, 0.2) is 0 Å². The fourth-order valence-electron chi connectivity index (χ4n) is 2.05. The molecule has 11 heteroatoms. The maximum atomic E-state index is 13.7. The third-order valence-electron chi connectivity index (χ3n) is 3.34. The Bertz CT molecular complexity index is 1010. The quantitative estimate of drug-likeness (QED) is 0.524. The maximum absolute atomic E-state index is 13.7. The Kier molecular flexibility index (Phi) is 6.26. The lowest BCUT2D eigenvalue weighted by molar-refractivity contribution is 0.102. The zero-order valence-corrected chi connectivity index (χ0v) is 16.4. The highest BCUT2D eigenvalue weighted by Crippen LogP contribution is 2.19. The molecule has 1 heterocycles. The Morgan fingerprint density at radius 3 is 2.50 bits per heavy atom. The molecule has 3 aromatic rings. The van der Waals surface area contributed by atoms with E-state index in [4.69, 9.17) is 0 Å². The third-order valence-corrected chi connectivity index (χ3v) is 4.76. The first kappa shape index (κ1) is 19.8. The predicted octanol–water partition coefficient (Wildman–Crippen LogP) is 4.15. The van der Waals surface area contributed by atoms with Gasteiger partial charge in [0.2, 0.25) is 5.01 Å². The van der Waals surface area contributed by atoms with Crippen LogP contribution in [0.4, 0.5) is 25.0 Å². The second kappa shape index (κ2) is 8.85. The van der Waals surface area contributed by atoms with Crippen molar-refractivity contribution in [2.45, 2.75) is 6.54 Å². The van der Waals surface area contributed by atoms with Crippen molar-refractivity contribution >= 4 is 50.6 Å². The van der Waals surface area contributed by atoms with E-state index in [2.05, 4.69) is 42.1 Å². The molecule has 0 spiro atoms. The standard InChI is InChI=1S/C17H12BrF2N5O2S/c18-9-1-6-13(12(20)7-9)23-17(27)21-8-14-24-25-16(28-14)15(26)22-11-4-2-10(19)3-5-11/h1-7H,8H2,(H,22,26)(H2,21,23,27). The van der Waals surface area contributed by atoms with Crippen LogP contribution in [0.3, 0.4) is 0 Å². The first-order valence-electron chi connectivity index (χ1n) is 7.80. The largest absolute Gasteiger partial charge is 0.331 e. The smallest absolute Gasteiger partial charge is 0.319 e. The molecule has 0 atom stereocenters. The molecule has 0 aliphatic carbocycles. The summed E-state index contributed by atoms with van der Waals surface area (Å²) in [6, 6.07) is 8.89. The summed E-state index contributed by atoms with van der Waals surface area (Å²) >= 11 is 4.12. The molecule has 0 bridgehead atoms. The van der Waals surface area contributed by atoms with Gasteiger partial charge in [-0.15, -0.1) is 10.2 Å². The van der Waals surface area contributed by atoms with E-state index in [0.717, 1.165) is 11.3 Å². The summed E-state index contributed by atoms with van der Waals surface area (Å²) in [5.41, 5.74) is 0.439. The topological polar surface area (TPSA) is 96.0 Å². The first-order valence-corrected chi connectivity index (χ1v) is 9.41. The van der Waals surface area contributed by atoms with Gasteiger partial charge in [-0.1, -0.05) is 27.3 Å². The molecule has 0 aliphatic rings. The number of hydrogen-bond donors (Lipinski definition) is 3. The van der Waals surface area contributed by atoms with Gasteiger partial charge < -0.3 is 16.0 Å². The Morgan fingerprint density at radius 1 is 1.04 bits per heavy atom. The highest BCUT2D eigenvalue weighted by atomic mass is 79.9. The van der Waals surface area contributed by atoms with E-state index in [0.29, 0.717) is 15.2 Å². The number of carbonyl (C=O) groups is 2. The van der Waals surface area contributed by atoms with E-state index < -0.39 is 23.6 Å². The summed E-state index contributed by atoms with van der Waals surface area (Å²) in [6.45, 7) is 0.00543. The Hall–Kier alpha value is -2.92. The van der Waals surface area contributed by atoms with Crippen LogP contribution in [0.15, 0.2) is 46.9 Å². The van der Waals surface area contributed by atoms with Gasteiger partial charge in [-0.3, -0.25) is 4.79 Å². The van der Waals surface area contributed by atoms with Crippen molar-refractivity contribution in [3.8, 4) is 0 Å². The fraction of sp³-hybridized carbons (Fsp3) is 0.0588. The number of anilines is 2. The summed E-state index contributed by atoms with van der Waals surface area (Å²) in [5, 5.41) is 15.5. The van der Waals surface area contributed by atoms with E-state index in [-0.39, 0.29) is 17.2 Å². The van der Waals surface area contributed by atoms with Crippen molar-refractivity contribution < 1.29 is 18.4 Å². The summed E-state index contributed by atoms with van der Waals surface area (Å²) in [4.78, 5) is 24.0. The molecule has 3 amide bonds. The number of carbonyl (C=O) groups excluding carboxylic acids is 2. The van der Waals surface area contributed by atoms with Gasteiger partial charge >= 0.3 is 6.03 Å². The van der Waals surface area contributed by atoms with Gasteiger partial charge in [0.05, 0.1) is 12.2 Å². The number of halogens is 3. The summed E-state index contributed by atoms with van der Waals surface area (Å²) in [5.74, 6) is -1.50. The van der Waals surface area contributed by atoms with Gasteiger partial charge in [0.1, 0.15) is 16.6 Å². The SMILES string of the molecule is O=C(NCc1nnc(C(=O)Nc2ccc(F)cc2)s1)Nc1ccc(Br)cc1F. The molecule has 0 unspecified atom stereocenters. The number of benzene rings is 2. The van der Waals surface area contributed by atoms with Crippen LogP contribution in [0, 0.1) is 11.6 Å². The highest BCUT2D eigenvalue weighted by molar-refractivity contribution is 9.10. The van der Waals surface area contributed by atoms with E-state index in [1.54, 1.807) is 6.07 Å². The van der Waals surface area contributed by atoms with Crippen molar-refractivity contribution in [1.29, 1.82) is 0 Å². The molecule has 0 fully saturated rings. The lowest BCUT2D eigenvalue weighted by Crippen LogP contribution is -2.28. The molecule has 0 radical (unpaired) electrons. The summed E-state index contributed by atoms with van der Waals surface area (Å²) < 4.78 is 27.1. The number of nitrogens with zero attached hydrogens (tertiary/aromatic N) is 2. The lowest BCUT2D eigenvalue weighted by Gasteiger charge is -2.07. The molecule has 28 heavy (non-hydrogen) atoms. The van der Waals surface area contributed by atoms with E-state index in [1.807, 2.05) is 0 Å². The number of urea groups is 1. The van der Waals surface area contributed by atoms with Crippen LogP contribution in [0.2, 0.25) is 0 Å². The minimum absolute atomic E-state index is 0.00543. The fourth-order valence-corrected chi connectivity index (χ4v) is 3.06. The minimum atomic E-state index is -0.631. The van der Waals surface area contributed by atoms with E-state index in [1.165, 1.54) is 36.4 Å². The van der Waals surface area contributed by atoms with Crippen LogP contribution in [0.5, 0.6) is 0 Å².